The smallest absolute Gasteiger partial charge is 0.320 e. The zero-order valence-electron chi connectivity index (χ0n) is 13.5. The molecule has 2 heterocycles. The molecule has 2 aliphatic heterocycles. The van der Waals surface area contributed by atoms with Crippen LogP contribution in [0, 0.1) is 11.8 Å². The molecule has 2 saturated heterocycles. The Kier molecular flexibility index (Phi) is 4.00. The van der Waals surface area contributed by atoms with Gasteiger partial charge in [-0.1, -0.05) is 23.8 Å². The quantitative estimate of drug-likeness (QED) is 0.651. The molecule has 1 N–H and O–H groups in total. The van der Waals surface area contributed by atoms with Gasteiger partial charge in [0, 0.05) is 23.8 Å². The zero-order valence-corrected chi connectivity index (χ0v) is 14.3. The van der Waals surface area contributed by atoms with Gasteiger partial charge in [0.2, 0.25) is 11.8 Å². The summed E-state index contributed by atoms with van der Waals surface area (Å²) in [6.45, 7) is 0.757. The van der Waals surface area contributed by atoms with E-state index in [0.717, 1.165) is 0 Å². The molecule has 6 nitrogen and oxygen atoms in total. The van der Waals surface area contributed by atoms with Crippen molar-refractivity contribution in [3.63, 3.8) is 0 Å². The Morgan fingerprint density at radius 2 is 1.56 bits per heavy atom. The van der Waals surface area contributed by atoms with E-state index in [9.17, 15) is 14.4 Å². The molecule has 1 aromatic carbocycles. The van der Waals surface area contributed by atoms with E-state index in [1.807, 2.05) is 12.2 Å². The predicted molar refractivity (Wildman–Crippen MR) is 93.0 cm³/mol. The largest absolute Gasteiger partial charge is 0.321 e. The predicted octanol–water partition coefficient (Wildman–Crippen LogP) is 2.51. The minimum absolute atomic E-state index is 0.0814. The van der Waals surface area contributed by atoms with Crippen molar-refractivity contribution in [2.24, 2.45) is 11.8 Å². The first-order valence-corrected chi connectivity index (χ1v) is 8.76. The minimum atomic E-state index is -0.239. The molecule has 1 aliphatic carbocycles. The van der Waals surface area contributed by atoms with Crippen LogP contribution in [0.5, 0.6) is 0 Å². The summed E-state index contributed by atoms with van der Waals surface area (Å²) in [7, 11) is 0. The number of rotatable bonds is 2. The van der Waals surface area contributed by atoms with Crippen molar-refractivity contribution in [2.75, 3.05) is 18.4 Å². The number of hydrogen-bond donors (Lipinski definition) is 1. The molecule has 0 bridgehead atoms. The van der Waals surface area contributed by atoms with Gasteiger partial charge in [0.25, 0.3) is 0 Å². The topological polar surface area (TPSA) is 69.7 Å². The van der Waals surface area contributed by atoms with Crippen LogP contribution < -0.4 is 5.32 Å². The first-order valence-electron chi connectivity index (χ1n) is 8.38. The van der Waals surface area contributed by atoms with Crippen LogP contribution in [0.4, 0.5) is 10.5 Å². The normalized spacial score (nSPS) is 25.8. The minimum Gasteiger partial charge on any atom is -0.320 e. The number of benzene rings is 1. The van der Waals surface area contributed by atoms with Crippen LogP contribution in [0.25, 0.3) is 0 Å². The molecule has 25 heavy (non-hydrogen) atoms. The lowest BCUT2D eigenvalue weighted by Crippen LogP contribution is -2.63. The fraction of sp³-hybridized carbons (Fsp3) is 0.389. The van der Waals surface area contributed by atoms with E-state index in [4.69, 9.17) is 11.6 Å². The van der Waals surface area contributed by atoms with Crippen molar-refractivity contribution in [1.29, 1.82) is 0 Å². The Balaban J connectivity index is 1.35. The van der Waals surface area contributed by atoms with Crippen molar-refractivity contribution in [1.82, 2.24) is 9.80 Å². The van der Waals surface area contributed by atoms with Gasteiger partial charge < -0.3 is 10.2 Å². The number of carbonyl (C=O) groups is 3. The van der Waals surface area contributed by atoms with Gasteiger partial charge in [0.05, 0.1) is 17.9 Å². The average Bonchev–Trinajstić information content (AvgIpc) is 2.81. The fourth-order valence-corrected chi connectivity index (χ4v) is 3.83. The van der Waals surface area contributed by atoms with Crippen LogP contribution in [0.2, 0.25) is 5.02 Å². The van der Waals surface area contributed by atoms with E-state index in [1.165, 1.54) is 4.90 Å². The standard InChI is InChI=1S/C18H18ClN3O3/c19-11-5-7-12(8-6-11)20-18(25)21-9-13(10-21)22-16(23)14-3-1-2-4-15(14)17(22)24/h1-2,5-8,13-15H,3-4,9-10H2,(H,20,25). The Labute approximate surface area is 150 Å². The Hall–Kier alpha value is -2.34. The van der Waals surface area contributed by atoms with Crippen molar-refractivity contribution in [3.05, 3.63) is 41.4 Å². The van der Waals surface area contributed by atoms with E-state index in [0.29, 0.717) is 36.6 Å². The van der Waals surface area contributed by atoms with Crippen LogP contribution in [0.15, 0.2) is 36.4 Å². The van der Waals surface area contributed by atoms with E-state index < -0.39 is 0 Å². The van der Waals surface area contributed by atoms with Gasteiger partial charge in [-0.05, 0) is 37.1 Å². The molecule has 4 amide bonds. The highest BCUT2D eigenvalue weighted by Gasteiger charge is 2.52. The number of carbonyl (C=O) groups excluding carboxylic acids is 3. The molecule has 130 valence electrons. The van der Waals surface area contributed by atoms with Crippen LogP contribution in [-0.4, -0.2) is 46.8 Å². The second-order valence-electron chi connectivity index (χ2n) is 6.70. The summed E-state index contributed by atoms with van der Waals surface area (Å²) < 4.78 is 0. The van der Waals surface area contributed by atoms with Gasteiger partial charge in [0.15, 0.2) is 0 Å². The van der Waals surface area contributed by atoms with Gasteiger partial charge in [-0.15, -0.1) is 0 Å². The molecule has 1 aromatic rings. The second-order valence-corrected chi connectivity index (χ2v) is 7.13. The van der Waals surface area contributed by atoms with Crippen LogP contribution in [-0.2, 0) is 9.59 Å². The lowest BCUT2D eigenvalue weighted by Gasteiger charge is -2.43. The van der Waals surface area contributed by atoms with E-state index in [1.54, 1.807) is 29.2 Å². The average molecular weight is 360 g/mol. The molecular formula is C18H18ClN3O3. The number of urea groups is 1. The second kappa shape index (κ2) is 6.19. The summed E-state index contributed by atoms with van der Waals surface area (Å²) in [6.07, 6.45) is 5.23. The number of likely N-dealkylation sites (tertiary alicyclic amines) is 2. The number of amides is 4. The number of fused-ring (bicyclic) bond motifs is 1. The summed E-state index contributed by atoms with van der Waals surface area (Å²) in [6, 6.07) is 6.41. The maximum atomic E-state index is 12.5. The van der Waals surface area contributed by atoms with Crippen molar-refractivity contribution >= 4 is 35.1 Å². The summed E-state index contributed by atoms with van der Waals surface area (Å²) in [5.74, 6) is -0.590. The van der Waals surface area contributed by atoms with Gasteiger partial charge >= 0.3 is 6.03 Å². The summed E-state index contributed by atoms with van der Waals surface area (Å²) in [5.41, 5.74) is 0.656. The van der Waals surface area contributed by atoms with Gasteiger partial charge in [-0.25, -0.2) is 4.79 Å². The lowest BCUT2D eigenvalue weighted by atomic mass is 9.85. The molecule has 7 heteroatoms. The third-order valence-electron chi connectivity index (χ3n) is 5.15. The van der Waals surface area contributed by atoms with Crippen molar-refractivity contribution < 1.29 is 14.4 Å². The number of nitrogens with zero attached hydrogens (tertiary/aromatic N) is 2. The third-order valence-corrected chi connectivity index (χ3v) is 5.40. The summed E-state index contributed by atoms with van der Waals surface area (Å²) in [5, 5.41) is 3.39. The Bertz CT molecular complexity index is 729. The number of hydrogen-bond acceptors (Lipinski definition) is 3. The molecule has 4 rings (SSSR count). The van der Waals surface area contributed by atoms with Gasteiger partial charge in [-0.2, -0.15) is 0 Å². The molecular weight excluding hydrogens is 342 g/mol. The molecule has 2 fully saturated rings. The SMILES string of the molecule is O=C(Nc1ccc(Cl)cc1)N1CC(N2C(=O)C3CC=CCC3C2=O)C1. The first kappa shape index (κ1) is 16.1. The number of imide groups is 1. The maximum absolute atomic E-state index is 12.5. The highest BCUT2D eigenvalue weighted by atomic mass is 35.5. The molecule has 0 aromatic heterocycles. The monoisotopic (exact) mass is 359 g/mol. The van der Waals surface area contributed by atoms with E-state index >= 15 is 0 Å². The van der Waals surface area contributed by atoms with Crippen LogP contribution in [0.3, 0.4) is 0 Å². The summed E-state index contributed by atoms with van der Waals surface area (Å²) in [4.78, 5) is 40.3. The first-order chi connectivity index (χ1) is 12.0. The fourth-order valence-electron chi connectivity index (χ4n) is 3.71. The summed E-state index contributed by atoms with van der Waals surface area (Å²) >= 11 is 5.82. The van der Waals surface area contributed by atoms with E-state index in [-0.39, 0.29) is 35.7 Å². The van der Waals surface area contributed by atoms with Crippen LogP contribution in [0.1, 0.15) is 12.8 Å². The lowest BCUT2D eigenvalue weighted by molar-refractivity contribution is -0.145. The molecule has 3 aliphatic rings. The van der Waals surface area contributed by atoms with E-state index in [2.05, 4.69) is 5.32 Å². The molecule has 2 atom stereocenters. The number of nitrogens with one attached hydrogen (secondary N) is 1. The van der Waals surface area contributed by atoms with Gasteiger partial charge in [0.1, 0.15) is 0 Å². The van der Waals surface area contributed by atoms with Gasteiger partial charge in [-0.3, -0.25) is 14.5 Å². The molecule has 2 unspecified atom stereocenters. The van der Waals surface area contributed by atoms with Crippen LogP contribution >= 0.6 is 11.6 Å². The maximum Gasteiger partial charge on any atom is 0.321 e. The zero-order chi connectivity index (χ0) is 17.6. The Morgan fingerprint density at radius 3 is 2.12 bits per heavy atom. The molecule has 0 saturated carbocycles. The molecule has 0 spiro atoms. The van der Waals surface area contributed by atoms with Crippen molar-refractivity contribution in [2.45, 2.75) is 18.9 Å². The highest BCUT2D eigenvalue weighted by Crippen LogP contribution is 2.37. The number of allylic oxidation sites excluding steroid dienone is 2. The van der Waals surface area contributed by atoms with Crippen molar-refractivity contribution in [3.8, 4) is 0 Å². The highest BCUT2D eigenvalue weighted by molar-refractivity contribution is 6.30. The number of halogens is 1. The third kappa shape index (κ3) is 2.80. The molecule has 0 radical (unpaired) electrons. The Morgan fingerprint density at radius 1 is 1.00 bits per heavy atom. The number of anilines is 1.